The molecule has 144 valence electrons. The molecule has 2 aromatic rings. The van der Waals surface area contributed by atoms with Crippen LogP contribution in [0.5, 0.6) is 17.2 Å². The van der Waals surface area contributed by atoms with Crippen LogP contribution in [0.2, 0.25) is 0 Å². The lowest BCUT2D eigenvalue weighted by Gasteiger charge is -2.10. The number of ether oxygens (including phenoxy) is 2. The third-order valence-electron chi connectivity index (χ3n) is 4.15. The van der Waals surface area contributed by atoms with Crippen molar-refractivity contribution < 1.29 is 19.4 Å². The second-order valence-electron chi connectivity index (χ2n) is 6.09. The predicted molar refractivity (Wildman–Crippen MR) is 106 cm³/mol. The molecular weight excluding hydrogens is 344 g/mol. The van der Waals surface area contributed by atoms with Crippen molar-refractivity contribution in [2.75, 3.05) is 13.2 Å². The number of phenolic OH excluding ortho intramolecular Hbond substituents is 1. The van der Waals surface area contributed by atoms with E-state index in [-0.39, 0.29) is 12.4 Å². The van der Waals surface area contributed by atoms with Crippen LogP contribution in [0.15, 0.2) is 47.6 Å². The SMILES string of the molecule is CCOc1cccc(/C=N/NC(=O)COc2ccc([C@@H](C)CC)cc2)c1O. The number of phenols is 1. The van der Waals surface area contributed by atoms with Gasteiger partial charge in [-0.2, -0.15) is 5.10 Å². The van der Waals surface area contributed by atoms with Crippen molar-refractivity contribution >= 4 is 12.1 Å². The number of amides is 1. The molecule has 0 aliphatic rings. The van der Waals surface area contributed by atoms with E-state index < -0.39 is 5.91 Å². The van der Waals surface area contributed by atoms with E-state index in [2.05, 4.69) is 24.4 Å². The van der Waals surface area contributed by atoms with Gasteiger partial charge in [0.1, 0.15) is 5.75 Å². The molecule has 2 aromatic carbocycles. The van der Waals surface area contributed by atoms with Crippen molar-refractivity contribution in [2.45, 2.75) is 33.1 Å². The van der Waals surface area contributed by atoms with Crippen LogP contribution in [0.3, 0.4) is 0 Å². The Balaban J connectivity index is 1.84. The molecule has 0 unspecified atom stereocenters. The van der Waals surface area contributed by atoms with E-state index in [1.807, 2.05) is 31.2 Å². The topological polar surface area (TPSA) is 80.2 Å². The quantitative estimate of drug-likeness (QED) is 0.519. The Labute approximate surface area is 159 Å². The molecule has 0 saturated carbocycles. The van der Waals surface area contributed by atoms with Crippen molar-refractivity contribution in [2.24, 2.45) is 5.10 Å². The van der Waals surface area contributed by atoms with Gasteiger partial charge in [-0.3, -0.25) is 4.79 Å². The molecule has 0 bridgehead atoms. The zero-order valence-corrected chi connectivity index (χ0v) is 15.9. The van der Waals surface area contributed by atoms with Crippen molar-refractivity contribution in [3.63, 3.8) is 0 Å². The van der Waals surface area contributed by atoms with Gasteiger partial charge in [-0.15, -0.1) is 0 Å². The standard InChI is InChI=1S/C21H26N2O4/c1-4-15(3)16-9-11-18(12-10-16)27-14-20(24)23-22-13-17-7-6-8-19(21(17)25)26-5-2/h6-13,15,25H,4-5,14H2,1-3H3,(H,23,24)/b22-13+/t15-/m0/s1. The van der Waals surface area contributed by atoms with Crippen molar-refractivity contribution in [1.29, 1.82) is 0 Å². The average molecular weight is 370 g/mol. The van der Waals surface area contributed by atoms with E-state index in [1.54, 1.807) is 18.2 Å². The second-order valence-corrected chi connectivity index (χ2v) is 6.09. The van der Waals surface area contributed by atoms with Gasteiger partial charge in [0.05, 0.1) is 12.8 Å². The van der Waals surface area contributed by atoms with E-state index in [0.29, 0.717) is 29.6 Å². The summed E-state index contributed by atoms with van der Waals surface area (Å²) in [7, 11) is 0. The Hall–Kier alpha value is -3.02. The fourth-order valence-corrected chi connectivity index (χ4v) is 2.40. The highest BCUT2D eigenvalue weighted by Gasteiger charge is 2.07. The van der Waals surface area contributed by atoms with Crippen LogP contribution in [0.4, 0.5) is 0 Å². The molecule has 0 heterocycles. The lowest BCUT2D eigenvalue weighted by Crippen LogP contribution is -2.24. The minimum Gasteiger partial charge on any atom is -0.504 e. The molecule has 1 amide bonds. The molecule has 0 aliphatic carbocycles. The van der Waals surface area contributed by atoms with Gasteiger partial charge in [-0.1, -0.05) is 32.0 Å². The number of nitrogens with zero attached hydrogens (tertiary/aromatic N) is 1. The molecule has 27 heavy (non-hydrogen) atoms. The summed E-state index contributed by atoms with van der Waals surface area (Å²) in [6.07, 6.45) is 2.43. The summed E-state index contributed by atoms with van der Waals surface area (Å²) in [5.41, 5.74) is 4.06. The van der Waals surface area contributed by atoms with E-state index in [0.717, 1.165) is 6.42 Å². The maximum Gasteiger partial charge on any atom is 0.277 e. The molecule has 0 radical (unpaired) electrons. The first-order chi connectivity index (χ1) is 13.0. The number of hydrogen-bond donors (Lipinski definition) is 2. The largest absolute Gasteiger partial charge is 0.504 e. The van der Waals surface area contributed by atoms with Crippen LogP contribution in [0.1, 0.15) is 44.2 Å². The number of para-hydroxylation sites is 1. The summed E-state index contributed by atoms with van der Waals surface area (Å²) in [6.45, 7) is 6.44. The lowest BCUT2D eigenvalue weighted by molar-refractivity contribution is -0.123. The molecule has 1 atom stereocenters. The number of carbonyl (C=O) groups excluding carboxylic acids is 1. The van der Waals surface area contributed by atoms with Crippen LogP contribution in [0, 0.1) is 0 Å². The number of benzene rings is 2. The molecule has 6 heteroatoms. The summed E-state index contributed by atoms with van der Waals surface area (Å²) in [5, 5.41) is 13.9. The van der Waals surface area contributed by atoms with Crippen molar-refractivity contribution in [3.05, 3.63) is 53.6 Å². The summed E-state index contributed by atoms with van der Waals surface area (Å²) in [6, 6.07) is 12.8. The van der Waals surface area contributed by atoms with E-state index >= 15 is 0 Å². The third kappa shape index (κ3) is 6.02. The normalized spacial score (nSPS) is 12.0. The van der Waals surface area contributed by atoms with Crippen LogP contribution in [-0.4, -0.2) is 30.4 Å². The number of rotatable bonds is 9. The summed E-state index contributed by atoms with van der Waals surface area (Å²) < 4.78 is 10.8. The van der Waals surface area contributed by atoms with Gasteiger partial charge in [-0.25, -0.2) is 5.43 Å². The Bertz CT molecular complexity index is 772. The van der Waals surface area contributed by atoms with Crippen LogP contribution in [0.25, 0.3) is 0 Å². The average Bonchev–Trinajstić information content (AvgIpc) is 2.69. The van der Waals surface area contributed by atoms with Gasteiger partial charge in [0.2, 0.25) is 0 Å². The van der Waals surface area contributed by atoms with Gasteiger partial charge >= 0.3 is 0 Å². The van der Waals surface area contributed by atoms with Gasteiger partial charge in [0.15, 0.2) is 18.1 Å². The molecule has 0 saturated heterocycles. The summed E-state index contributed by atoms with van der Waals surface area (Å²) in [4.78, 5) is 11.8. The first-order valence-electron chi connectivity index (χ1n) is 9.04. The monoisotopic (exact) mass is 370 g/mol. The van der Waals surface area contributed by atoms with Gasteiger partial charge in [0.25, 0.3) is 5.91 Å². The lowest BCUT2D eigenvalue weighted by atomic mass is 9.99. The highest BCUT2D eigenvalue weighted by atomic mass is 16.5. The number of hydrogen-bond acceptors (Lipinski definition) is 5. The Morgan fingerprint density at radius 1 is 1.19 bits per heavy atom. The number of hydrazone groups is 1. The third-order valence-corrected chi connectivity index (χ3v) is 4.15. The minimum atomic E-state index is -0.391. The fraction of sp³-hybridized carbons (Fsp3) is 0.333. The first kappa shape index (κ1) is 20.3. The van der Waals surface area contributed by atoms with Crippen LogP contribution < -0.4 is 14.9 Å². The Kier molecular flexibility index (Phi) is 7.67. The number of carbonyl (C=O) groups is 1. The first-order valence-corrected chi connectivity index (χ1v) is 9.04. The van der Waals surface area contributed by atoms with E-state index in [4.69, 9.17) is 9.47 Å². The van der Waals surface area contributed by atoms with Crippen molar-refractivity contribution in [1.82, 2.24) is 5.43 Å². The van der Waals surface area contributed by atoms with E-state index in [1.165, 1.54) is 11.8 Å². The molecule has 0 fully saturated rings. The maximum atomic E-state index is 11.8. The Morgan fingerprint density at radius 2 is 1.93 bits per heavy atom. The number of aromatic hydroxyl groups is 1. The molecule has 0 aromatic heterocycles. The van der Waals surface area contributed by atoms with Crippen LogP contribution >= 0.6 is 0 Å². The van der Waals surface area contributed by atoms with Gasteiger partial charge in [0, 0.05) is 5.56 Å². The summed E-state index contributed by atoms with van der Waals surface area (Å²) in [5.74, 6) is 1.09. The number of nitrogens with one attached hydrogen (secondary N) is 1. The molecule has 2 rings (SSSR count). The zero-order valence-electron chi connectivity index (χ0n) is 15.9. The van der Waals surface area contributed by atoms with E-state index in [9.17, 15) is 9.90 Å². The molecule has 2 N–H and O–H groups in total. The fourth-order valence-electron chi connectivity index (χ4n) is 2.40. The van der Waals surface area contributed by atoms with Crippen molar-refractivity contribution in [3.8, 4) is 17.2 Å². The highest BCUT2D eigenvalue weighted by Crippen LogP contribution is 2.28. The molecule has 6 nitrogen and oxygen atoms in total. The van der Waals surface area contributed by atoms with Gasteiger partial charge in [-0.05, 0) is 49.1 Å². The van der Waals surface area contributed by atoms with Gasteiger partial charge < -0.3 is 14.6 Å². The summed E-state index contributed by atoms with van der Waals surface area (Å²) >= 11 is 0. The molecule has 0 spiro atoms. The molecule has 0 aliphatic heterocycles. The smallest absolute Gasteiger partial charge is 0.277 e. The van der Waals surface area contributed by atoms with Crippen LogP contribution in [-0.2, 0) is 4.79 Å². The predicted octanol–water partition coefficient (Wildman–Crippen LogP) is 3.83. The maximum absolute atomic E-state index is 11.8. The minimum absolute atomic E-state index is 0.0185. The second kappa shape index (κ2) is 10.2. The Morgan fingerprint density at radius 3 is 2.59 bits per heavy atom. The molecular formula is C21H26N2O4. The zero-order chi connectivity index (χ0) is 19.6. The highest BCUT2D eigenvalue weighted by molar-refractivity contribution is 5.86.